The van der Waals surface area contributed by atoms with E-state index in [2.05, 4.69) is 28.5 Å². The number of hydrogen-bond acceptors (Lipinski definition) is 7. The molecule has 0 radical (unpaired) electrons. The van der Waals surface area contributed by atoms with Gasteiger partial charge in [-0.2, -0.15) is 0 Å². The van der Waals surface area contributed by atoms with Gasteiger partial charge in [-0.25, -0.2) is 4.79 Å². The van der Waals surface area contributed by atoms with Crippen molar-refractivity contribution in [3.05, 3.63) is 40.3 Å². The molecule has 0 saturated carbocycles. The predicted octanol–water partition coefficient (Wildman–Crippen LogP) is 4.33. The quantitative estimate of drug-likeness (QED) is 0.586. The van der Waals surface area contributed by atoms with Crippen LogP contribution in [0.3, 0.4) is 0 Å². The molecule has 2 heterocycles. The minimum atomic E-state index is -0.486. The largest absolute Gasteiger partial charge is 0.462 e. The van der Waals surface area contributed by atoms with Gasteiger partial charge in [0.15, 0.2) is 0 Å². The maximum Gasteiger partial charge on any atom is 0.341 e. The monoisotopic (exact) mass is 471 g/mol. The van der Waals surface area contributed by atoms with Crippen molar-refractivity contribution in [3.8, 4) is 0 Å². The Kier molecular flexibility index (Phi) is 7.55. The highest BCUT2D eigenvalue weighted by atomic mass is 32.1. The number of morpholine rings is 1. The van der Waals surface area contributed by atoms with E-state index >= 15 is 0 Å². The van der Waals surface area contributed by atoms with E-state index in [1.54, 1.807) is 6.92 Å². The number of para-hydroxylation sites is 2. The first-order valence-electron chi connectivity index (χ1n) is 11.8. The van der Waals surface area contributed by atoms with Crippen LogP contribution in [0.15, 0.2) is 24.3 Å². The maximum atomic E-state index is 13.2. The molecule has 4 rings (SSSR count). The number of thiophene rings is 1. The first kappa shape index (κ1) is 23.6. The first-order chi connectivity index (χ1) is 16.0. The van der Waals surface area contributed by atoms with E-state index in [4.69, 9.17) is 9.47 Å². The van der Waals surface area contributed by atoms with Gasteiger partial charge in [0.2, 0.25) is 5.91 Å². The summed E-state index contributed by atoms with van der Waals surface area (Å²) < 4.78 is 10.8. The summed E-state index contributed by atoms with van der Waals surface area (Å²) in [5, 5.41) is 6.99. The summed E-state index contributed by atoms with van der Waals surface area (Å²) in [4.78, 5) is 29.4. The van der Waals surface area contributed by atoms with Crippen molar-refractivity contribution < 1.29 is 19.1 Å². The van der Waals surface area contributed by atoms with Gasteiger partial charge in [-0.15, -0.1) is 11.3 Å². The Morgan fingerprint density at radius 3 is 2.79 bits per heavy atom. The number of esters is 1. The third-order valence-corrected chi connectivity index (χ3v) is 7.42. The highest BCUT2D eigenvalue weighted by molar-refractivity contribution is 7.17. The zero-order valence-electron chi connectivity index (χ0n) is 19.6. The molecule has 2 N–H and O–H groups in total. The highest BCUT2D eigenvalue weighted by Crippen LogP contribution is 2.40. The Balaban J connectivity index is 1.51. The van der Waals surface area contributed by atoms with Crippen molar-refractivity contribution in [1.29, 1.82) is 0 Å². The molecule has 2 atom stereocenters. The average molecular weight is 472 g/mol. The van der Waals surface area contributed by atoms with Crippen LogP contribution in [0, 0.1) is 5.92 Å². The van der Waals surface area contributed by atoms with Crippen molar-refractivity contribution in [3.63, 3.8) is 0 Å². The Hall–Kier alpha value is -2.58. The summed E-state index contributed by atoms with van der Waals surface area (Å²) in [6.07, 6.45) is 2.82. The third kappa shape index (κ3) is 5.33. The van der Waals surface area contributed by atoms with Gasteiger partial charge in [0, 0.05) is 18.0 Å². The summed E-state index contributed by atoms with van der Waals surface area (Å²) >= 11 is 1.52. The summed E-state index contributed by atoms with van der Waals surface area (Å²) in [5.41, 5.74) is 3.56. The second-order valence-electron chi connectivity index (χ2n) is 8.75. The fourth-order valence-corrected chi connectivity index (χ4v) is 5.85. The van der Waals surface area contributed by atoms with E-state index in [1.165, 1.54) is 16.2 Å². The number of fused-ring (bicyclic) bond motifs is 1. The molecule has 1 saturated heterocycles. The fraction of sp³-hybridized carbons (Fsp3) is 0.520. The Morgan fingerprint density at radius 1 is 1.27 bits per heavy atom. The minimum absolute atomic E-state index is 0.177. The Labute approximate surface area is 199 Å². The van der Waals surface area contributed by atoms with Gasteiger partial charge in [0.1, 0.15) is 11.0 Å². The Morgan fingerprint density at radius 2 is 2.03 bits per heavy atom. The normalized spacial score (nSPS) is 18.9. The molecule has 7 nitrogen and oxygen atoms in total. The number of carbonyl (C=O) groups excluding carboxylic acids is 2. The maximum absolute atomic E-state index is 13.2. The van der Waals surface area contributed by atoms with Crippen molar-refractivity contribution in [2.45, 2.75) is 46.1 Å². The van der Waals surface area contributed by atoms with Crippen LogP contribution in [0.4, 0.5) is 16.4 Å². The highest BCUT2D eigenvalue weighted by Gasteiger charge is 2.30. The van der Waals surface area contributed by atoms with Crippen molar-refractivity contribution in [2.75, 3.05) is 48.4 Å². The van der Waals surface area contributed by atoms with Crippen LogP contribution in [-0.4, -0.2) is 50.8 Å². The molecule has 0 unspecified atom stereocenters. The number of ether oxygens (including phenoxy) is 2. The van der Waals surface area contributed by atoms with E-state index in [0.717, 1.165) is 49.3 Å². The minimum Gasteiger partial charge on any atom is -0.462 e. The third-order valence-electron chi connectivity index (χ3n) is 6.25. The lowest BCUT2D eigenvalue weighted by atomic mass is 9.88. The lowest BCUT2D eigenvalue weighted by Gasteiger charge is -2.31. The van der Waals surface area contributed by atoms with E-state index in [9.17, 15) is 9.59 Å². The van der Waals surface area contributed by atoms with Crippen LogP contribution in [0.1, 0.15) is 48.0 Å². The van der Waals surface area contributed by atoms with Crippen molar-refractivity contribution in [1.82, 2.24) is 0 Å². The van der Waals surface area contributed by atoms with E-state index in [1.807, 2.05) is 25.1 Å². The van der Waals surface area contributed by atoms with Crippen molar-refractivity contribution >= 4 is 39.6 Å². The SMILES string of the molecule is CCOC(=O)c1c(NC(=O)[C@@H](C)Nc2ccccc2N2CCOCC2)sc2c1CC[C@@H](C)C2. The van der Waals surface area contributed by atoms with Gasteiger partial charge < -0.3 is 25.0 Å². The molecule has 2 aromatic rings. The first-order valence-corrected chi connectivity index (χ1v) is 12.6. The molecule has 2 aliphatic rings. The molecule has 33 heavy (non-hydrogen) atoms. The number of anilines is 3. The van der Waals surface area contributed by atoms with Crippen LogP contribution in [-0.2, 0) is 27.1 Å². The summed E-state index contributed by atoms with van der Waals surface area (Å²) in [7, 11) is 0. The van der Waals surface area contributed by atoms with Crippen LogP contribution < -0.4 is 15.5 Å². The van der Waals surface area contributed by atoms with E-state index in [0.29, 0.717) is 36.3 Å². The molecule has 0 bridgehead atoms. The molecule has 1 fully saturated rings. The average Bonchev–Trinajstić information content (AvgIpc) is 3.17. The molecule has 1 aromatic carbocycles. The summed E-state index contributed by atoms with van der Waals surface area (Å²) in [5.74, 6) is 0.0501. The Bertz CT molecular complexity index is 1000. The molecular formula is C25H33N3O4S. The predicted molar refractivity (Wildman–Crippen MR) is 133 cm³/mol. The molecule has 1 aromatic heterocycles. The molecule has 1 aliphatic carbocycles. The van der Waals surface area contributed by atoms with Crippen LogP contribution in [0.2, 0.25) is 0 Å². The molecule has 1 amide bonds. The number of hydrogen-bond donors (Lipinski definition) is 2. The second-order valence-corrected chi connectivity index (χ2v) is 9.85. The number of rotatable bonds is 7. The number of amides is 1. The number of nitrogens with one attached hydrogen (secondary N) is 2. The van der Waals surface area contributed by atoms with Crippen LogP contribution >= 0.6 is 11.3 Å². The smallest absolute Gasteiger partial charge is 0.341 e. The van der Waals surface area contributed by atoms with Gasteiger partial charge in [-0.3, -0.25) is 4.79 Å². The standard InChI is InChI=1S/C25H33N3O4S/c1-4-32-25(30)22-18-10-9-16(2)15-21(18)33-24(22)27-23(29)17(3)26-19-7-5-6-8-20(19)28-11-13-31-14-12-28/h5-8,16-17,26H,4,9-15H2,1-3H3,(H,27,29)/t16-,17-/m1/s1. The molecule has 178 valence electrons. The summed E-state index contributed by atoms with van der Waals surface area (Å²) in [6.45, 7) is 9.21. The van der Waals surface area contributed by atoms with Gasteiger partial charge in [0.25, 0.3) is 0 Å². The van der Waals surface area contributed by atoms with E-state index in [-0.39, 0.29) is 11.9 Å². The van der Waals surface area contributed by atoms with Gasteiger partial charge in [-0.05, 0) is 56.7 Å². The fourth-order valence-electron chi connectivity index (χ4n) is 4.45. The number of nitrogens with zero attached hydrogens (tertiary/aromatic N) is 1. The lowest BCUT2D eigenvalue weighted by molar-refractivity contribution is -0.116. The van der Waals surface area contributed by atoms with Gasteiger partial charge in [0.05, 0.1) is 36.8 Å². The number of carbonyl (C=O) groups is 2. The molecular weight excluding hydrogens is 438 g/mol. The topological polar surface area (TPSA) is 79.9 Å². The van der Waals surface area contributed by atoms with E-state index < -0.39 is 6.04 Å². The molecule has 1 aliphatic heterocycles. The van der Waals surface area contributed by atoms with Gasteiger partial charge >= 0.3 is 5.97 Å². The van der Waals surface area contributed by atoms with Gasteiger partial charge in [-0.1, -0.05) is 19.1 Å². The van der Waals surface area contributed by atoms with Crippen molar-refractivity contribution in [2.24, 2.45) is 5.92 Å². The lowest BCUT2D eigenvalue weighted by Crippen LogP contribution is -2.37. The van der Waals surface area contributed by atoms with Crippen LogP contribution in [0.5, 0.6) is 0 Å². The number of benzene rings is 1. The van der Waals surface area contributed by atoms with Crippen LogP contribution in [0.25, 0.3) is 0 Å². The zero-order chi connectivity index (χ0) is 23.4. The molecule has 8 heteroatoms. The summed E-state index contributed by atoms with van der Waals surface area (Å²) in [6, 6.07) is 7.53. The zero-order valence-corrected chi connectivity index (χ0v) is 20.4. The second kappa shape index (κ2) is 10.6. The molecule has 0 spiro atoms.